The van der Waals surface area contributed by atoms with Gasteiger partial charge in [0.05, 0.1) is 11.8 Å². The second kappa shape index (κ2) is 6.53. The zero-order chi connectivity index (χ0) is 12.0. The highest BCUT2D eigenvalue weighted by molar-refractivity contribution is 6.18. The highest BCUT2D eigenvalue weighted by atomic mass is 35.5. The molecular formula is C11H18ClN3O. The van der Waals surface area contributed by atoms with E-state index in [9.17, 15) is 4.79 Å². The second-order valence-corrected chi connectivity index (χ2v) is 4.12. The van der Waals surface area contributed by atoms with Crippen molar-refractivity contribution < 1.29 is 4.79 Å². The first-order chi connectivity index (χ1) is 7.70. The summed E-state index contributed by atoms with van der Waals surface area (Å²) in [6, 6.07) is 0. The summed E-state index contributed by atoms with van der Waals surface area (Å²) >= 11 is 5.70. The van der Waals surface area contributed by atoms with Crippen LogP contribution in [0, 0.1) is 6.92 Å². The van der Waals surface area contributed by atoms with Gasteiger partial charge in [0.25, 0.3) is 5.91 Å². The van der Waals surface area contributed by atoms with Crippen LogP contribution >= 0.6 is 11.6 Å². The van der Waals surface area contributed by atoms with E-state index in [0.29, 0.717) is 18.0 Å². The molecular weight excluding hydrogens is 226 g/mol. The van der Waals surface area contributed by atoms with Crippen molar-refractivity contribution in [2.24, 2.45) is 0 Å². The first-order valence-electron chi connectivity index (χ1n) is 5.56. The van der Waals surface area contributed by atoms with Crippen LogP contribution in [-0.4, -0.2) is 40.0 Å². The topological polar surface area (TPSA) is 49.0 Å². The van der Waals surface area contributed by atoms with Crippen LogP contribution in [0.1, 0.15) is 35.8 Å². The molecule has 0 radical (unpaired) electrons. The van der Waals surface area contributed by atoms with Crippen LogP contribution in [0.4, 0.5) is 0 Å². The molecule has 0 fully saturated rings. The van der Waals surface area contributed by atoms with Gasteiger partial charge in [-0.2, -0.15) is 5.10 Å². The fraction of sp³-hybridized carbons (Fsp3) is 0.636. The monoisotopic (exact) mass is 243 g/mol. The fourth-order valence-corrected chi connectivity index (χ4v) is 1.71. The van der Waals surface area contributed by atoms with Gasteiger partial charge in [0.2, 0.25) is 0 Å². The van der Waals surface area contributed by atoms with Crippen molar-refractivity contribution in [1.29, 1.82) is 0 Å². The smallest absolute Gasteiger partial charge is 0.257 e. The average Bonchev–Trinajstić information content (AvgIpc) is 2.69. The Balaban J connectivity index is 2.70. The highest BCUT2D eigenvalue weighted by Crippen LogP contribution is 2.08. The Morgan fingerprint density at radius 3 is 2.81 bits per heavy atom. The van der Waals surface area contributed by atoms with E-state index in [0.717, 1.165) is 25.1 Å². The zero-order valence-electron chi connectivity index (χ0n) is 9.79. The number of nitrogens with one attached hydrogen (secondary N) is 1. The standard InChI is InChI=1S/C11H18ClN3O/c1-3-4-6-15(7-5-12)11(16)10-8-13-14-9(10)2/h8H,3-7H2,1-2H3,(H,13,14). The molecule has 1 amide bonds. The minimum Gasteiger partial charge on any atom is -0.337 e. The number of carbonyl (C=O) groups is 1. The van der Waals surface area contributed by atoms with Crippen molar-refractivity contribution in [3.8, 4) is 0 Å². The number of hydrogen-bond donors (Lipinski definition) is 1. The highest BCUT2D eigenvalue weighted by Gasteiger charge is 2.17. The number of alkyl halides is 1. The van der Waals surface area contributed by atoms with Gasteiger partial charge in [-0.15, -0.1) is 11.6 Å². The van der Waals surface area contributed by atoms with E-state index in [1.165, 1.54) is 0 Å². The van der Waals surface area contributed by atoms with E-state index in [2.05, 4.69) is 17.1 Å². The van der Waals surface area contributed by atoms with Crippen molar-refractivity contribution in [2.45, 2.75) is 26.7 Å². The van der Waals surface area contributed by atoms with Crippen LogP contribution in [0.2, 0.25) is 0 Å². The van der Waals surface area contributed by atoms with Gasteiger partial charge in [-0.3, -0.25) is 9.89 Å². The summed E-state index contributed by atoms with van der Waals surface area (Å²) < 4.78 is 0. The first kappa shape index (κ1) is 13.0. The molecule has 0 atom stereocenters. The summed E-state index contributed by atoms with van der Waals surface area (Å²) in [7, 11) is 0. The third kappa shape index (κ3) is 3.23. The number of nitrogens with zero attached hydrogens (tertiary/aromatic N) is 2. The third-order valence-corrected chi connectivity index (χ3v) is 2.65. The van der Waals surface area contributed by atoms with Crippen LogP contribution in [-0.2, 0) is 0 Å². The van der Waals surface area contributed by atoms with E-state index >= 15 is 0 Å². The largest absolute Gasteiger partial charge is 0.337 e. The number of aromatic nitrogens is 2. The molecule has 1 aromatic rings. The number of halogens is 1. The van der Waals surface area contributed by atoms with Gasteiger partial charge in [-0.05, 0) is 13.3 Å². The number of H-pyrrole nitrogens is 1. The quantitative estimate of drug-likeness (QED) is 0.779. The Kier molecular flexibility index (Phi) is 5.32. The van der Waals surface area contributed by atoms with Crippen molar-refractivity contribution in [2.75, 3.05) is 19.0 Å². The predicted molar refractivity (Wildman–Crippen MR) is 64.9 cm³/mol. The predicted octanol–water partition coefficient (Wildman–Crippen LogP) is 2.20. The lowest BCUT2D eigenvalue weighted by molar-refractivity contribution is 0.0763. The second-order valence-electron chi connectivity index (χ2n) is 3.74. The van der Waals surface area contributed by atoms with Gasteiger partial charge in [-0.1, -0.05) is 13.3 Å². The number of amides is 1. The minimum absolute atomic E-state index is 0.0142. The van der Waals surface area contributed by atoms with Gasteiger partial charge in [0.15, 0.2) is 0 Å². The lowest BCUT2D eigenvalue weighted by Crippen LogP contribution is -2.33. The van der Waals surface area contributed by atoms with Crippen LogP contribution in [0.5, 0.6) is 0 Å². The zero-order valence-corrected chi connectivity index (χ0v) is 10.5. The van der Waals surface area contributed by atoms with Crippen LogP contribution < -0.4 is 0 Å². The normalized spacial score (nSPS) is 10.4. The Hall–Kier alpha value is -1.03. The molecule has 4 nitrogen and oxygen atoms in total. The van der Waals surface area contributed by atoms with E-state index in [1.807, 2.05) is 6.92 Å². The summed E-state index contributed by atoms with van der Waals surface area (Å²) in [6.45, 7) is 5.29. The SMILES string of the molecule is CCCCN(CCCl)C(=O)c1cn[nH]c1C. The average molecular weight is 244 g/mol. The number of aromatic amines is 1. The summed E-state index contributed by atoms with van der Waals surface area (Å²) in [6.07, 6.45) is 3.64. The maximum atomic E-state index is 12.1. The number of unbranched alkanes of at least 4 members (excludes halogenated alkanes) is 1. The molecule has 16 heavy (non-hydrogen) atoms. The van der Waals surface area contributed by atoms with E-state index in [-0.39, 0.29) is 5.91 Å². The van der Waals surface area contributed by atoms with E-state index in [4.69, 9.17) is 11.6 Å². The van der Waals surface area contributed by atoms with E-state index < -0.39 is 0 Å². The van der Waals surface area contributed by atoms with Gasteiger partial charge in [0.1, 0.15) is 0 Å². The third-order valence-electron chi connectivity index (χ3n) is 2.48. The number of rotatable bonds is 6. The fourth-order valence-electron chi connectivity index (χ4n) is 1.50. The Labute approximate surface area is 101 Å². The molecule has 1 aromatic heterocycles. The lowest BCUT2D eigenvalue weighted by Gasteiger charge is -2.21. The van der Waals surface area contributed by atoms with Crippen molar-refractivity contribution in [3.05, 3.63) is 17.5 Å². The molecule has 0 aliphatic rings. The summed E-state index contributed by atoms with van der Waals surface area (Å²) in [5, 5.41) is 6.63. The molecule has 5 heteroatoms. The van der Waals surface area contributed by atoms with Crippen molar-refractivity contribution in [1.82, 2.24) is 15.1 Å². The number of carbonyl (C=O) groups excluding carboxylic acids is 1. The molecule has 0 aliphatic heterocycles. The van der Waals surface area contributed by atoms with Crippen LogP contribution in [0.3, 0.4) is 0 Å². The van der Waals surface area contributed by atoms with E-state index in [1.54, 1.807) is 11.1 Å². The molecule has 1 N–H and O–H groups in total. The summed E-state index contributed by atoms with van der Waals surface area (Å²) in [4.78, 5) is 13.9. The number of aryl methyl sites for hydroxylation is 1. The summed E-state index contributed by atoms with van der Waals surface area (Å²) in [5.74, 6) is 0.479. The molecule has 0 aromatic carbocycles. The molecule has 0 saturated heterocycles. The molecule has 0 bridgehead atoms. The molecule has 90 valence electrons. The Bertz CT molecular complexity index is 338. The van der Waals surface area contributed by atoms with Gasteiger partial charge in [0, 0.05) is 24.7 Å². The lowest BCUT2D eigenvalue weighted by atomic mass is 10.2. The maximum absolute atomic E-state index is 12.1. The first-order valence-corrected chi connectivity index (χ1v) is 6.09. The van der Waals surface area contributed by atoms with Crippen molar-refractivity contribution >= 4 is 17.5 Å². The Morgan fingerprint density at radius 1 is 1.56 bits per heavy atom. The molecule has 0 saturated carbocycles. The molecule has 0 unspecified atom stereocenters. The van der Waals surface area contributed by atoms with Gasteiger partial charge in [-0.25, -0.2) is 0 Å². The Morgan fingerprint density at radius 2 is 2.31 bits per heavy atom. The van der Waals surface area contributed by atoms with Crippen molar-refractivity contribution in [3.63, 3.8) is 0 Å². The molecule has 0 spiro atoms. The maximum Gasteiger partial charge on any atom is 0.257 e. The van der Waals surface area contributed by atoms with Gasteiger partial charge >= 0.3 is 0 Å². The molecule has 1 rings (SSSR count). The minimum atomic E-state index is 0.0142. The molecule has 1 heterocycles. The molecule has 0 aliphatic carbocycles. The van der Waals surface area contributed by atoms with Crippen LogP contribution in [0.15, 0.2) is 6.20 Å². The van der Waals surface area contributed by atoms with Crippen LogP contribution in [0.25, 0.3) is 0 Å². The summed E-state index contributed by atoms with van der Waals surface area (Å²) in [5.41, 5.74) is 1.45. The number of hydrogen-bond acceptors (Lipinski definition) is 2. The van der Waals surface area contributed by atoms with Gasteiger partial charge < -0.3 is 4.90 Å².